The second-order valence-corrected chi connectivity index (χ2v) is 7.99. The molecule has 0 saturated carbocycles. The summed E-state index contributed by atoms with van der Waals surface area (Å²) in [5.74, 6) is 0. The Morgan fingerprint density at radius 3 is 1.52 bits per heavy atom. The third-order valence-corrected chi connectivity index (χ3v) is 5.84. The van der Waals surface area contributed by atoms with E-state index in [0.717, 1.165) is 13.1 Å². The minimum absolute atomic E-state index is 1.12. The first-order chi connectivity index (χ1) is 11.4. The lowest BCUT2D eigenvalue weighted by Gasteiger charge is -2.05. The molecule has 0 atom stereocenters. The summed E-state index contributed by atoms with van der Waals surface area (Å²) in [6.45, 7) is 4.58. The van der Waals surface area contributed by atoms with E-state index in [9.17, 15) is 0 Å². The summed E-state index contributed by atoms with van der Waals surface area (Å²) in [4.78, 5) is 2.98. The van der Waals surface area contributed by atoms with Crippen LogP contribution in [0, 0.1) is 0 Å². The van der Waals surface area contributed by atoms with E-state index in [2.05, 4.69) is 45.7 Å². The zero-order valence-electron chi connectivity index (χ0n) is 14.1. The molecule has 0 amide bonds. The van der Waals surface area contributed by atoms with Gasteiger partial charge in [0, 0.05) is 9.75 Å². The Labute approximate surface area is 149 Å². The summed E-state index contributed by atoms with van der Waals surface area (Å²) >= 11 is 3.72. The second kappa shape index (κ2) is 12.7. The molecule has 0 spiro atoms. The van der Waals surface area contributed by atoms with Crippen LogP contribution in [0.5, 0.6) is 0 Å². The molecule has 0 saturated heterocycles. The van der Waals surface area contributed by atoms with Crippen LogP contribution < -0.4 is 10.6 Å². The summed E-state index contributed by atoms with van der Waals surface area (Å²) in [5, 5.41) is 11.4. The lowest BCUT2D eigenvalue weighted by molar-refractivity contribution is 0.558. The molecule has 2 nitrogen and oxygen atoms in total. The monoisotopic (exact) mass is 350 g/mol. The molecule has 0 unspecified atom stereocenters. The Morgan fingerprint density at radius 2 is 1.09 bits per heavy atom. The van der Waals surface area contributed by atoms with Gasteiger partial charge in [0.05, 0.1) is 0 Å². The molecule has 23 heavy (non-hydrogen) atoms. The van der Waals surface area contributed by atoms with Crippen molar-refractivity contribution in [2.75, 3.05) is 26.2 Å². The molecule has 2 N–H and O–H groups in total. The van der Waals surface area contributed by atoms with Gasteiger partial charge in [-0.1, -0.05) is 31.4 Å². The van der Waals surface area contributed by atoms with Crippen molar-refractivity contribution < 1.29 is 0 Å². The minimum atomic E-state index is 1.12. The van der Waals surface area contributed by atoms with Crippen LogP contribution in [0.4, 0.5) is 0 Å². The molecule has 0 aliphatic heterocycles. The van der Waals surface area contributed by atoms with Gasteiger partial charge < -0.3 is 10.6 Å². The highest BCUT2D eigenvalue weighted by atomic mass is 32.1. The lowest BCUT2D eigenvalue weighted by Crippen LogP contribution is -2.18. The average Bonchev–Trinajstić information content (AvgIpc) is 3.25. The van der Waals surface area contributed by atoms with E-state index in [1.54, 1.807) is 0 Å². The Morgan fingerprint density at radius 1 is 0.609 bits per heavy atom. The second-order valence-electron chi connectivity index (χ2n) is 5.93. The van der Waals surface area contributed by atoms with Crippen LogP contribution in [0.1, 0.15) is 41.9 Å². The van der Waals surface area contributed by atoms with Gasteiger partial charge in [0.1, 0.15) is 0 Å². The molecular weight excluding hydrogens is 320 g/mol. The van der Waals surface area contributed by atoms with Crippen LogP contribution in [0.25, 0.3) is 0 Å². The Balaban J connectivity index is 1.27. The zero-order valence-corrected chi connectivity index (χ0v) is 15.7. The summed E-state index contributed by atoms with van der Waals surface area (Å²) in [7, 11) is 0. The summed E-state index contributed by atoms with van der Waals surface area (Å²) in [6, 6.07) is 8.72. The van der Waals surface area contributed by atoms with Gasteiger partial charge in [-0.2, -0.15) is 0 Å². The van der Waals surface area contributed by atoms with Gasteiger partial charge in [-0.25, -0.2) is 0 Å². The first kappa shape index (κ1) is 18.7. The largest absolute Gasteiger partial charge is 0.316 e. The van der Waals surface area contributed by atoms with Gasteiger partial charge >= 0.3 is 0 Å². The van der Waals surface area contributed by atoms with E-state index in [4.69, 9.17) is 0 Å². The van der Waals surface area contributed by atoms with Crippen LogP contribution in [-0.2, 0) is 12.8 Å². The number of thiophene rings is 2. The third-order valence-electron chi connectivity index (χ3n) is 3.96. The van der Waals surface area contributed by atoms with Gasteiger partial charge in [0.15, 0.2) is 0 Å². The van der Waals surface area contributed by atoms with Gasteiger partial charge in [-0.3, -0.25) is 0 Å². The van der Waals surface area contributed by atoms with Gasteiger partial charge in [-0.15, -0.1) is 22.7 Å². The van der Waals surface area contributed by atoms with Crippen LogP contribution in [-0.4, -0.2) is 26.2 Å². The molecule has 0 radical (unpaired) electrons. The van der Waals surface area contributed by atoms with Gasteiger partial charge in [0.2, 0.25) is 0 Å². The molecule has 0 bridgehead atoms. The van der Waals surface area contributed by atoms with Crippen LogP contribution in [0.2, 0.25) is 0 Å². The number of nitrogens with one attached hydrogen (secondary N) is 2. The van der Waals surface area contributed by atoms with Crippen molar-refractivity contribution in [2.24, 2.45) is 0 Å². The van der Waals surface area contributed by atoms with E-state index in [1.807, 2.05) is 22.7 Å². The predicted molar refractivity (Wildman–Crippen MR) is 105 cm³/mol. The summed E-state index contributed by atoms with van der Waals surface area (Å²) < 4.78 is 0. The highest BCUT2D eigenvalue weighted by Gasteiger charge is 1.95. The van der Waals surface area contributed by atoms with Crippen LogP contribution in [0.15, 0.2) is 35.0 Å². The van der Waals surface area contributed by atoms with Crippen molar-refractivity contribution in [3.8, 4) is 0 Å². The Kier molecular flexibility index (Phi) is 10.3. The van der Waals surface area contributed by atoms with Crippen molar-refractivity contribution in [2.45, 2.75) is 44.9 Å². The smallest absolute Gasteiger partial charge is 0.00578 e. The number of unbranched alkanes of at least 4 members (excludes halogenated alkanes) is 4. The molecule has 2 aromatic heterocycles. The SMILES string of the molecule is c1csc(CCNCCCCCCCNCCc2cccs2)c1. The maximum atomic E-state index is 3.55. The molecule has 0 aliphatic rings. The normalized spacial score (nSPS) is 11.1. The standard InChI is InChI=1S/C19H30N2S2/c1(2-4-12-20-14-10-18-8-6-16-22-18)3-5-13-21-15-11-19-9-7-17-23-19/h6-9,16-17,20-21H,1-5,10-15H2. The van der Waals surface area contributed by atoms with Crippen molar-refractivity contribution in [1.82, 2.24) is 10.6 Å². The van der Waals surface area contributed by atoms with Gasteiger partial charge in [-0.05, 0) is 74.8 Å². The zero-order chi connectivity index (χ0) is 16.0. The molecule has 0 fully saturated rings. The number of rotatable bonds is 14. The number of hydrogen-bond donors (Lipinski definition) is 2. The van der Waals surface area contributed by atoms with Crippen LogP contribution >= 0.6 is 22.7 Å². The molecule has 4 heteroatoms. The third kappa shape index (κ3) is 9.26. The predicted octanol–water partition coefficient (Wildman–Crippen LogP) is 4.72. The molecular formula is C19H30N2S2. The van der Waals surface area contributed by atoms with Crippen molar-refractivity contribution >= 4 is 22.7 Å². The maximum Gasteiger partial charge on any atom is 0.00578 e. The average molecular weight is 351 g/mol. The van der Waals surface area contributed by atoms with Crippen molar-refractivity contribution in [1.29, 1.82) is 0 Å². The number of hydrogen-bond acceptors (Lipinski definition) is 4. The fourth-order valence-electron chi connectivity index (χ4n) is 2.61. The molecule has 2 heterocycles. The first-order valence-corrected chi connectivity index (χ1v) is 10.7. The van der Waals surface area contributed by atoms with Gasteiger partial charge in [0.25, 0.3) is 0 Å². The van der Waals surface area contributed by atoms with E-state index >= 15 is 0 Å². The Hall–Kier alpha value is -0.680. The highest BCUT2D eigenvalue weighted by Crippen LogP contribution is 2.09. The summed E-state index contributed by atoms with van der Waals surface area (Å²) in [6.07, 6.45) is 9.08. The molecule has 2 aromatic rings. The summed E-state index contributed by atoms with van der Waals surface area (Å²) in [5.41, 5.74) is 0. The molecule has 0 aromatic carbocycles. The van der Waals surface area contributed by atoms with E-state index < -0.39 is 0 Å². The van der Waals surface area contributed by atoms with Crippen molar-refractivity contribution in [3.05, 3.63) is 44.8 Å². The van der Waals surface area contributed by atoms with Crippen LogP contribution in [0.3, 0.4) is 0 Å². The van der Waals surface area contributed by atoms with E-state index in [0.29, 0.717) is 0 Å². The van der Waals surface area contributed by atoms with E-state index in [1.165, 1.54) is 67.8 Å². The van der Waals surface area contributed by atoms with Crippen molar-refractivity contribution in [3.63, 3.8) is 0 Å². The van der Waals surface area contributed by atoms with E-state index in [-0.39, 0.29) is 0 Å². The molecule has 2 rings (SSSR count). The minimum Gasteiger partial charge on any atom is -0.316 e. The fraction of sp³-hybridized carbons (Fsp3) is 0.579. The topological polar surface area (TPSA) is 24.1 Å². The maximum absolute atomic E-state index is 3.55. The molecule has 0 aliphatic carbocycles. The molecule has 128 valence electrons. The Bertz CT molecular complexity index is 421. The highest BCUT2D eigenvalue weighted by molar-refractivity contribution is 7.10. The quantitative estimate of drug-likeness (QED) is 0.482. The fourth-order valence-corrected chi connectivity index (χ4v) is 4.03. The lowest BCUT2D eigenvalue weighted by atomic mass is 10.1. The first-order valence-electron chi connectivity index (χ1n) is 8.91.